The van der Waals surface area contributed by atoms with Gasteiger partial charge >= 0.3 is 5.16 Å². The van der Waals surface area contributed by atoms with Crippen LogP contribution >= 0.6 is 23.4 Å². The minimum atomic E-state index is -0.260. The molecule has 37 heavy (non-hydrogen) atoms. The first kappa shape index (κ1) is 26.2. The monoisotopic (exact) mass is 536 g/mol. The average molecular weight is 537 g/mol. The van der Waals surface area contributed by atoms with Crippen LogP contribution in [-0.4, -0.2) is 39.3 Å². The molecule has 0 atom stereocenters. The predicted octanol–water partition coefficient (Wildman–Crippen LogP) is 5.13. The molecule has 0 spiro atoms. The molecule has 1 amide bonds. The number of aromatic amines is 1. The number of benzene rings is 3. The lowest BCUT2D eigenvalue weighted by Crippen LogP contribution is -2.34. The molecule has 0 radical (unpaired) electrons. The second-order valence-electron chi connectivity index (χ2n) is 7.91. The van der Waals surface area contributed by atoms with Gasteiger partial charge in [-0.2, -0.15) is 9.67 Å². The van der Waals surface area contributed by atoms with Crippen LogP contribution in [0, 0.1) is 0 Å². The van der Waals surface area contributed by atoms with Crippen LogP contribution in [0.5, 0.6) is 11.5 Å². The van der Waals surface area contributed by atoms with Crippen LogP contribution < -0.4 is 14.7 Å². The van der Waals surface area contributed by atoms with Crippen molar-refractivity contribution in [2.45, 2.75) is 25.4 Å². The molecule has 0 aliphatic heterocycles. The Labute approximate surface area is 224 Å². The zero-order valence-electron chi connectivity index (χ0n) is 20.4. The second kappa shape index (κ2) is 12.4. The molecule has 4 rings (SSSR count). The third-order valence-electron chi connectivity index (χ3n) is 5.38. The molecular formula is C27H27ClN5O3S+. The number of carbonyl (C=O) groups excluding carboxylic acids is 1. The Kier molecular flexibility index (Phi) is 8.81. The lowest BCUT2D eigenvalue weighted by atomic mass is 10.1. The van der Waals surface area contributed by atoms with Gasteiger partial charge in [-0.05, 0) is 103 Å². The van der Waals surface area contributed by atoms with Crippen LogP contribution in [0.4, 0.5) is 0 Å². The van der Waals surface area contributed by atoms with Gasteiger partial charge in [0.25, 0.3) is 11.7 Å². The first-order valence-electron chi connectivity index (χ1n) is 11.8. The maximum absolute atomic E-state index is 12.6. The summed E-state index contributed by atoms with van der Waals surface area (Å²) in [4.78, 5) is 12.6. The molecule has 0 saturated heterocycles. The highest BCUT2D eigenvalue weighted by Gasteiger charge is 2.24. The summed E-state index contributed by atoms with van der Waals surface area (Å²) in [6, 6.07) is 21.8. The van der Waals surface area contributed by atoms with Crippen LogP contribution in [0.1, 0.15) is 25.8 Å². The quantitative estimate of drug-likeness (QED) is 0.113. The van der Waals surface area contributed by atoms with E-state index >= 15 is 0 Å². The number of aromatic nitrogens is 3. The summed E-state index contributed by atoms with van der Waals surface area (Å²) >= 11 is 7.37. The number of ether oxygens (including phenoxy) is 1. The minimum Gasteiger partial charge on any atom is -0.508 e. The van der Waals surface area contributed by atoms with E-state index in [0.29, 0.717) is 28.9 Å². The van der Waals surface area contributed by atoms with Crippen LogP contribution in [0.15, 0.2) is 83.1 Å². The van der Waals surface area contributed by atoms with E-state index in [1.807, 2.05) is 66.9 Å². The van der Waals surface area contributed by atoms with Gasteiger partial charge in [0.15, 0.2) is 0 Å². The number of phenolic OH excluding ortho intramolecular Hbond substituents is 1. The molecule has 0 aliphatic rings. The van der Waals surface area contributed by atoms with Crippen LogP contribution in [0.2, 0.25) is 5.02 Å². The topological polar surface area (TPSA) is 103 Å². The molecule has 3 aromatic carbocycles. The standard InChI is InChI=1S/C27H26ClN5O3S/c1-3-24(18-7-13-22(34)14-8-18)29-30-25(35)17-37-27-32-31-26(19-5-9-20(28)10-6-19)33(27)21-11-15-23(16-12-21)36-4-2/h5-16H,3-4,17H2,1-2H3,(H2,29,30,34,35)/p+1. The van der Waals surface area contributed by atoms with Gasteiger partial charge in [-0.1, -0.05) is 18.5 Å². The number of carbonyl (C=O) groups is 1. The third-order valence-corrected chi connectivity index (χ3v) is 6.57. The van der Waals surface area contributed by atoms with E-state index in [0.717, 1.165) is 28.4 Å². The maximum atomic E-state index is 12.6. The molecule has 0 saturated carbocycles. The van der Waals surface area contributed by atoms with E-state index in [9.17, 15) is 9.90 Å². The molecule has 190 valence electrons. The lowest BCUT2D eigenvalue weighted by Gasteiger charge is -2.07. The Balaban J connectivity index is 1.54. The van der Waals surface area contributed by atoms with Crippen molar-refractivity contribution in [1.82, 2.24) is 15.6 Å². The largest absolute Gasteiger partial charge is 0.508 e. The Morgan fingerprint density at radius 1 is 1.08 bits per heavy atom. The van der Waals surface area contributed by atoms with Gasteiger partial charge in [0, 0.05) is 5.02 Å². The Hall–Kier alpha value is -3.82. The average Bonchev–Trinajstić information content (AvgIpc) is 3.34. The molecule has 3 N–H and O–H groups in total. The molecule has 1 aromatic heterocycles. The molecule has 0 fully saturated rings. The zero-order chi connectivity index (χ0) is 26.2. The molecular weight excluding hydrogens is 510 g/mol. The molecule has 10 heteroatoms. The number of nitrogens with zero attached hydrogens (tertiary/aromatic N) is 3. The van der Waals surface area contributed by atoms with E-state index in [1.54, 1.807) is 24.3 Å². The van der Waals surface area contributed by atoms with Gasteiger partial charge < -0.3 is 9.84 Å². The summed E-state index contributed by atoms with van der Waals surface area (Å²) in [7, 11) is 0. The Morgan fingerprint density at radius 3 is 2.43 bits per heavy atom. The van der Waals surface area contributed by atoms with Crippen LogP contribution in [0.3, 0.4) is 0 Å². The summed E-state index contributed by atoms with van der Waals surface area (Å²) in [5.41, 5.74) is 5.94. The van der Waals surface area contributed by atoms with E-state index in [4.69, 9.17) is 16.3 Å². The molecule has 4 aromatic rings. The molecule has 8 nitrogen and oxygen atoms in total. The number of hydrogen-bond acceptors (Lipinski definition) is 6. The molecule has 1 heterocycles. The lowest BCUT2D eigenvalue weighted by molar-refractivity contribution is -0.625. The highest BCUT2D eigenvalue weighted by Crippen LogP contribution is 2.23. The first-order valence-corrected chi connectivity index (χ1v) is 13.1. The van der Waals surface area contributed by atoms with Crippen molar-refractivity contribution in [3.05, 3.63) is 83.4 Å². The number of nitrogens with one attached hydrogen (secondary N) is 2. The zero-order valence-corrected chi connectivity index (χ0v) is 22.0. The van der Waals surface area contributed by atoms with Crippen molar-refractivity contribution in [1.29, 1.82) is 0 Å². The van der Waals surface area contributed by atoms with Gasteiger partial charge in [-0.25, -0.2) is 5.43 Å². The SMILES string of the molecule is CCOc1ccc(-[n+]2c(SCC(=O)N/N=C(/CC)c3ccc(O)cc3)n[nH]c2-c2ccc(Cl)cc2)cc1. The van der Waals surface area contributed by atoms with Crippen molar-refractivity contribution in [3.63, 3.8) is 0 Å². The normalized spacial score (nSPS) is 11.4. The smallest absolute Gasteiger partial charge is 0.342 e. The number of rotatable bonds is 10. The highest BCUT2D eigenvalue weighted by molar-refractivity contribution is 7.99. The number of H-pyrrole nitrogens is 1. The molecule has 0 aliphatic carbocycles. The van der Waals surface area contributed by atoms with Crippen molar-refractivity contribution in [2.75, 3.05) is 12.4 Å². The van der Waals surface area contributed by atoms with Crippen LogP contribution in [0.25, 0.3) is 17.1 Å². The number of thioether (sulfide) groups is 1. The molecule has 0 unspecified atom stereocenters. The number of halogens is 1. The summed E-state index contributed by atoms with van der Waals surface area (Å²) in [5.74, 6) is 1.55. The fourth-order valence-electron chi connectivity index (χ4n) is 3.59. The highest BCUT2D eigenvalue weighted by atomic mass is 35.5. The van der Waals surface area contributed by atoms with Gasteiger partial charge in [0.05, 0.1) is 28.7 Å². The fraction of sp³-hybridized carbons (Fsp3) is 0.185. The van der Waals surface area contributed by atoms with Crippen molar-refractivity contribution < 1.29 is 19.2 Å². The fourth-order valence-corrected chi connectivity index (χ4v) is 4.47. The number of hydrazone groups is 1. The van der Waals surface area contributed by atoms with Gasteiger partial charge in [0.2, 0.25) is 0 Å². The first-order chi connectivity index (χ1) is 18.0. The van der Waals surface area contributed by atoms with Gasteiger partial charge in [-0.3, -0.25) is 4.79 Å². The molecule has 0 bridgehead atoms. The van der Waals surface area contributed by atoms with E-state index in [-0.39, 0.29) is 17.4 Å². The second-order valence-corrected chi connectivity index (χ2v) is 9.29. The summed E-state index contributed by atoms with van der Waals surface area (Å²) in [6.07, 6.45) is 0.625. The van der Waals surface area contributed by atoms with E-state index in [1.165, 1.54) is 11.8 Å². The van der Waals surface area contributed by atoms with Crippen LogP contribution in [-0.2, 0) is 4.79 Å². The Morgan fingerprint density at radius 2 is 1.78 bits per heavy atom. The summed E-state index contributed by atoms with van der Waals surface area (Å²) in [6.45, 7) is 4.48. The predicted molar refractivity (Wildman–Crippen MR) is 146 cm³/mol. The van der Waals surface area contributed by atoms with E-state index in [2.05, 4.69) is 20.7 Å². The van der Waals surface area contributed by atoms with Crippen molar-refractivity contribution in [3.8, 4) is 28.6 Å². The minimum absolute atomic E-state index is 0.109. The number of aromatic hydroxyl groups is 1. The number of amides is 1. The van der Waals surface area contributed by atoms with Crippen molar-refractivity contribution >= 4 is 35.0 Å². The van der Waals surface area contributed by atoms with Gasteiger partial charge in [-0.15, -0.1) is 5.10 Å². The Bertz CT molecular complexity index is 1370. The third kappa shape index (κ3) is 6.69. The summed E-state index contributed by atoms with van der Waals surface area (Å²) < 4.78 is 7.53. The number of hydrogen-bond donors (Lipinski definition) is 3. The number of phenols is 1. The summed E-state index contributed by atoms with van der Waals surface area (Å²) in [5, 5.41) is 22.6. The van der Waals surface area contributed by atoms with Crippen molar-refractivity contribution in [2.24, 2.45) is 5.10 Å². The maximum Gasteiger partial charge on any atom is 0.342 e. The van der Waals surface area contributed by atoms with Gasteiger partial charge in [0.1, 0.15) is 17.2 Å². The van der Waals surface area contributed by atoms with E-state index < -0.39 is 0 Å².